The lowest BCUT2D eigenvalue weighted by atomic mass is 10.2. The average Bonchev–Trinajstić information content (AvgIpc) is 2.53. The molecule has 4 heteroatoms. The Morgan fingerprint density at radius 3 is 2.33 bits per heavy atom. The minimum Gasteiger partial charge on any atom is -0.323 e. The van der Waals surface area contributed by atoms with E-state index < -0.39 is 10.8 Å². The zero-order valence-corrected chi connectivity index (χ0v) is 10.1. The Morgan fingerprint density at radius 2 is 1.80 bits per heavy atom. The van der Waals surface area contributed by atoms with Crippen molar-refractivity contribution < 1.29 is 4.21 Å². The van der Waals surface area contributed by atoms with Crippen LogP contribution in [-0.4, -0.2) is 26.4 Å². The lowest BCUT2D eigenvalue weighted by Gasteiger charge is -2.25. The molecule has 1 aliphatic rings. The van der Waals surface area contributed by atoms with E-state index in [9.17, 15) is 4.21 Å². The summed E-state index contributed by atoms with van der Waals surface area (Å²) in [5.41, 5.74) is 5.97. The van der Waals surface area contributed by atoms with Gasteiger partial charge in [0.25, 0.3) is 0 Å². The molecule has 1 fully saturated rings. The Balaban J connectivity index is 2.00. The first-order chi connectivity index (χ1) is 7.16. The first-order valence-corrected chi connectivity index (χ1v) is 6.92. The molecule has 0 bridgehead atoms. The maximum atomic E-state index is 11.2. The van der Waals surface area contributed by atoms with Crippen LogP contribution in [-0.2, 0) is 10.8 Å². The van der Waals surface area contributed by atoms with Crippen molar-refractivity contribution in [1.82, 2.24) is 4.68 Å². The summed E-state index contributed by atoms with van der Waals surface area (Å²) in [7, 11) is -0.569. The van der Waals surface area contributed by atoms with Crippen molar-refractivity contribution in [2.45, 2.75) is 32.7 Å². The van der Waals surface area contributed by atoms with E-state index in [1.54, 1.807) is 0 Å². The van der Waals surface area contributed by atoms with Gasteiger partial charge in [-0.2, -0.15) is 0 Å². The smallest absolute Gasteiger partial charge is 0.0442 e. The highest BCUT2D eigenvalue weighted by atomic mass is 32.2. The number of aryl methyl sites for hydroxylation is 2. The second-order valence-corrected chi connectivity index (χ2v) is 5.90. The third kappa shape index (κ3) is 2.43. The quantitative estimate of drug-likeness (QED) is 0.830. The molecule has 15 heavy (non-hydrogen) atoms. The summed E-state index contributed by atoms with van der Waals surface area (Å²) in [4.78, 5) is 0. The fourth-order valence-electron chi connectivity index (χ4n) is 1.98. The number of nitrogens with one attached hydrogen (secondary N) is 1. The molecule has 0 atom stereocenters. The number of rotatable bonds is 2. The minimum atomic E-state index is -0.569. The number of aromatic nitrogens is 1. The monoisotopic (exact) mass is 226 g/mol. The average molecular weight is 226 g/mol. The second-order valence-electron chi connectivity index (χ2n) is 4.20. The zero-order valence-electron chi connectivity index (χ0n) is 9.32. The highest BCUT2D eigenvalue weighted by Crippen LogP contribution is 2.12. The van der Waals surface area contributed by atoms with Crippen LogP contribution in [0.4, 0.5) is 0 Å². The fourth-order valence-corrected chi connectivity index (χ4v) is 3.28. The van der Waals surface area contributed by atoms with Crippen LogP contribution in [0.3, 0.4) is 0 Å². The maximum Gasteiger partial charge on any atom is 0.0442 e. The van der Waals surface area contributed by atoms with Crippen LogP contribution in [0.15, 0.2) is 12.1 Å². The van der Waals surface area contributed by atoms with Gasteiger partial charge >= 0.3 is 0 Å². The summed E-state index contributed by atoms with van der Waals surface area (Å²) in [5.74, 6) is 1.69. The van der Waals surface area contributed by atoms with E-state index in [1.165, 1.54) is 11.4 Å². The van der Waals surface area contributed by atoms with Gasteiger partial charge in [0.05, 0.1) is 0 Å². The van der Waals surface area contributed by atoms with Gasteiger partial charge in [0.2, 0.25) is 0 Å². The van der Waals surface area contributed by atoms with Gasteiger partial charge in [-0.15, -0.1) is 0 Å². The molecule has 0 aliphatic carbocycles. The van der Waals surface area contributed by atoms with Gasteiger partial charge in [0, 0.05) is 39.7 Å². The molecule has 1 N–H and O–H groups in total. The van der Waals surface area contributed by atoms with Gasteiger partial charge in [-0.05, 0) is 38.8 Å². The third-order valence-electron chi connectivity index (χ3n) is 2.97. The summed E-state index contributed by atoms with van der Waals surface area (Å²) in [6.45, 7) is 4.20. The molecule has 84 valence electrons. The van der Waals surface area contributed by atoms with Crippen LogP contribution in [0.1, 0.15) is 24.2 Å². The lowest BCUT2D eigenvalue weighted by molar-refractivity contribution is 0.571. The van der Waals surface area contributed by atoms with Gasteiger partial charge < -0.3 is 5.43 Å². The minimum absolute atomic E-state index is 0.479. The summed E-state index contributed by atoms with van der Waals surface area (Å²) in [5, 5.41) is 0. The van der Waals surface area contributed by atoms with Gasteiger partial charge in [0.15, 0.2) is 0 Å². The van der Waals surface area contributed by atoms with Crippen molar-refractivity contribution in [2.75, 3.05) is 16.9 Å². The topological polar surface area (TPSA) is 34.0 Å². The molecule has 0 amide bonds. The van der Waals surface area contributed by atoms with Crippen LogP contribution >= 0.6 is 0 Å². The molecule has 0 aromatic carbocycles. The van der Waals surface area contributed by atoms with E-state index in [1.807, 2.05) is 0 Å². The second kappa shape index (κ2) is 4.39. The highest BCUT2D eigenvalue weighted by Gasteiger charge is 2.18. The van der Waals surface area contributed by atoms with Crippen molar-refractivity contribution in [2.24, 2.45) is 0 Å². The predicted octanol–water partition coefficient (Wildman–Crippen LogP) is 1.56. The van der Waals surface area contributed by atoms with Crippen LogP contribution in [0.25, 0.3) is 0 Å². The van der Waals surface area contributed by atoms with E-state index in [4.69, 9.17) is 0 Å². The SMILES string of the molecule is Cc1ccc(C)n1NC1CCS(=O)CC1. The Morgan fingerprint density at radius 1 is 1.27 bits per heavy atom. The maximum absolute atomic E-state index is 11.2. The Labute approximate surface area is 93.3 Å². The molecular weight excluding hydrogens is 208 g/mol. The molecule has 1 aromatic heterocycles. The molecule has 1 saturated heterocycles. The number of nitrogens with zero attached hydrogens (tertiary/aromatic N) is 1. The third-order valence-corrected chi connectivity index (χ3v) is 4.35. The molecular formula is C11H18N2OS. The molecule has 0 radical (unpaired) electrons. The van der Waals surface area contributed by atoms with E-state index in [0.717, 1.165) is 24.3 Å². The van der Waals surface area contributed by atoms with Crippen LogP contribution in [0.5, 0.6) is 0 Å². The van der Waals surface area contributed by atoms with Crippen LogP contribution in [0, 0.1) is 13.8 Å². The number of hydrogen-bond acceptors (Lipinski definition) is 2. The van der Waals surface area contributed by atoms with Crippen molar-refractivity contribution >= 4 is 10.8 Å². The largest absolute Gasteiger partial charge is 0.323 e. The Bertz CT molecular complexity index is 343. The van der Waals surface area contributed by atoms with Gasteiger partial charge in [-0.3, -0.25) is 8.89 Å². The van der Waals surface area contributed by atoms with Crippen molar-refractivity contribution in [3.05, 3.63) is 23.5 Å². The van der Waals surface area contributed by atoms with Crippen molar-refractivity contribution in [1.29, 1.82) is 0 Å². The first-order valence-electron chi connectivity index (χ1n) is 5.43. The van der Waals surface area contributed by atoms with E-state index in [0.29, 0.717) is 6.04 Å². The summed E-state index contributed by atoms with van der Waals surface area (Å²) in [6.07, 6.45) is 2.04. The van der Waals surface area contributed by atoms with Crippen molar-refractivity contribution in [3.8, 4) is 0 Å². The summed E-state index contributed by atoms with van der Waals surface area (Å²) in [6, 6.07) is 4.71. The standard InChI is InChI=1S/C11H18N2OS/c1-9-3-4-10(2)13(9)12-11-5-7-15(14)8-6-11/h3-4,11-12H,5-8H2,1-2H3. The van der Waals surface area contributed by atoms with Crippen LogP contribution in [0.2, 0.25) is 0 Å². The molecule has 1 aliphatic heterocycles. The molecule has 3 nitrogen and oxygen atoms in total. The Kier molecular flexibility index (Phi) is 3.14. The number of hydrogen-bond donors (Lipinski definition) is 1. The van der Waals surface area contributed by atoms with E-state index >= 15 is 0 Å². The first kappa shape index (κ1) is 10.7. The molecule has 0 unspecified atom stereocenters. The molecule has 1 aromatic rings. The molecule has 2 heterocycles. The molecule has 0 saturated carbocycles. The predicted molar refractivity (Wildman–Crippen MR) is 64.2 cm³/mol. The Hall–Kier alpha value is -0.770. The lowest BCUT2D eigenvalue weighted by Crippen LogP contribution is -2.35. The normalized spacial score (nSPS) is 26.5. The summed E-state index contributed by atoms with van der Waals surface area (Å²) < 4.78 is 13.4. The van der Waals surface area contributed by atoms with Gasteiger partial charge in [0.1, 0.15) is 0 Å². The van der Waals surface area contributed by atoms with E-state index in [-0.39, 0.29) is 0 Å². The van der Waals surface area contributed by atoms with Gasteiger partial charge in [-0.1, -0.05) is 0 Å². The molecule has 0 spiro atoms. The molecule has 2 rings (SSSR count). The van der Waals surface area contributed by atoms with Crippen molar-refractivity contribution in [3.63, 3.8) is 0 Å². The summed E-state index contributed by atoms with van der Waals surface area (Å²) >= 11 is 0. The zero-order chi connectivity index (χ0) is 10.8. The highest BCUT2D eigenvalue weighted by molar-refractivity contribution is 7.85. The van der Waals surface area contributed by atoms with Crippen LogP contribution < -0.4 is 5.43 Å². The van der Waals surface area contributed by atoms with Gasteiger partial charge in [-0.25, -0.2) is 0 Å². The van der Waals surface area contributed by atoms with E-state index in [2.05, 4.69) is 36.1 Å². The fraction of sp³-hybridized carbons (Fsp3) is 0.636.